The fraction of sp³-hybridized carbons (Fsp3) is 0.462. The number of halogens is 1. The third kappa shape index (κ3) is 5.01. The highest BCUT2D eigenvalue weighted by atomic mass is 19.1. The molecule has 1 aliphatic heterocycles. The van der Waals surface area contributed by atoms with E-state index in [0.717, 1.165) is 23.4 Å². The average molecular weight is 438 g/mol. The third-order valence-electron chi connectivity index (χ3n) is 6.78. The molecule has 6 heteroatoms. The number of carbonyl (C=O) groups excluding carboxylic acids is 2. The van der Waals surface area contributed by atoms with Gasteiger partial charge in [0.25, 0.3) is 0 Å². The van der Waals surface area contributed by atoms with Crippen LogP contribution in [0.4, 0.5) is 15.8 Å². The Balaban J connectivity index is 1.42. The molecule has 1 N–H and O–H groups in total. The standard InChI is InChI=1S/C26H32FN3O2/c1-18-12-13-24(22(27)14-18)30-17-20(15-25(30)31)26(32)28-23-11-7-6-8-19(23)16-29(2)21-9-4-3-5-10-21/h6-8,11-14,20-21H,3-5,9-10,15-17H2,1-2H3,(H,28,32). The van der Waals surface area contributed by atoms with Crippen LogP contribution >= 0.6 is 0 Å². The Hall–Kier alpha value is -2.73. The van der Waals surface area contributed by atoms with Gasteiger partial charge in [-0.2, -0.15) is 0 Å². The van der Waals surface area contributed by atoms with Crippen molar-refractivity contribution in [1.29, 1.82) is 0 Å². The molecule has 1 saturated heterocycles. The number of hydrogen-bond acceptors (Lipinski definition) is 3. The van der Waals surface area contributed by atoms with Gasteiger partial charge in [-0.25, -0.2) is 4.39 Å². The number of carbonyl (C=O) groups is 2. The zero-order chi connectivity index (χ0) is 22.7. The van der Waals surface area contributed by atoms with Crippen LogP contribution in [0.2, 0.25) is 0 Å². The number of hydrogen-bond donors (Lipinski definition) is 1. The minimum absolute atomic E-state index is 0.0866. The average Bonchev–Trinajstić information content (AvgIpc) is 3.17. The second kappa shape index (κ2) is 9.82. The topological polar surface area (TPSA) is 52.7 Å². The number of anilines is 2. The lowest BCUT2D eigenvalue weighted by molar-refractivity contribution is -0.122. The number of amides is 2. The van der Waals surface area contributed by atoms with E-state index in [1.165, 1.54) is 43.1 Å². The number of aryl methyl sites for hydroxylation is 1. The molecule has 2 amide bonds. The maximum absolute atomic E-state index is 14.4. The molecular formula is C26H32FN3O2. The lowest BCUT2D eigenvalue weighted by atomic mass is 9.94. The van der Waals surface area contributed by atoms with Crippen molar-refractivity contribution in [2.45, 2.75) is 58.0 Å². The first-order valence-corrected chi connectivity index (χ1v) is 11.6. The smallest absolute Gasteiger partial charge is 0.229 e. The summed E-state index contributed by atoms with van der Waals surface area (Å²) in [7, 11) is 2.15. The van der Waals surface area contributed by atoms with Crippen LogP contribution in [0.5, 0.6) is 0 Å². The van der Waals surface area contributed by atoms with Crippen molar-refractivity contribution < 1.29 is 14.0 Å². The van der Waals surface area contributed by atoms with Gasteiger partial charge >= 0.3 is 0 Å². The van der Waals surface area contributed by atoms with Gasteiger partial charge in [-0.15, -0.1) is 0 Å². The van der Waals surface area contributed by atoms with Crippen molar-refractivity contribution in [1.82, 2.24) is 4.90 Å². The van der Waals surface area contributed by atoms with E-state index in [1.807, 2.05) is 24.3 Å². The zero-order valence-corrected chi connectivity index (χ0v) is 18.9. The van der Waals surface area contributed by atoms with Gasteiger partial charge in [0.15, 0.2) is 0 Å². The molecule has 32 heavy (non-hydrogen) atoms. The second-order valence-corrected chi connectivity index (χ2v) is 9.21. The van der Waals surface area contributed by atoms with Crippen LogP contribution in [0, 0.1) is 18.7 Å². The fourth-order valence-corrected chi connectivity index (χ4v) is 4.88. The summed E-state index contributed by atoms with van der Waals surface area (Å²) in [5.41, 5.74) is 2.89. The van der Waals surface area contributed by atoms with E-state index in [2.05, 4.69) is 17.3 Å². The maximum Gasteiger partial charge on any atom is 0.229 e. The number of para-hydroxylation sites is 1. The molecule has 0 aromatic heterocycles. The molecule has 1 aliphatic carbocycles. The number of rotatable bonds is 6. The van der Waals surface area contributed by atoms with Crippen molar-refractivity contribution in [2.75, 3.05) is 23.8 Å². The number of nitrogens with zero attached hydrogens (tertiary/aromatic N) is 2. The van der Waals surface area contributed by atoms with Gasteiger partial charge in [0, 0.05) is 31.2 Å². The summed E-state index contributed by atoms with van der Waals surface area (Å²) in [6.45, 7) is 2.76. The lowest BCUT2D eigenvalue weighted by Crippen LogP contribution is -2.33. The van der Waals surface area contributed by atoms with Gasteiger partial charge in [-0.1, -0.05) is 43.5 Å². The predicted octanol–water partition coefficient (Wildman–Crippen LogP) is 4.89. The van der Waals surface area contributed by atoms with Crippen LogP contribution in [0.3, 0.4) is 0 Å². The Kier molecular flexibility index (Phi) is 6.89. The number of benzene rings is 2. The summed E-state index contributed by atoms with van der Waals surface area (Å²) in [4.78, 5) is 29.3. The molecular weight excluding hydrogens is 405 g/mol. The van der Waals surface area contributed by atoms with Crippen molar-refractivity contribution in [3.8, 4) is 0 Å². The lowest BCUT2D eigenvalue weighted by Gasteiger charge is -2.31. The molecule has 1 saturated carbocycles. The molecule has 1 heterocycles. The van der Waals surface area contributed by atoms with E-state index in [0.29, 0.717) is 6.04 Å². The maximum atomic E-state index is 14.4. The summed E-state index contributed by atoms with van der Waals surface area (Å²) in [5, 5.41) is 3.04. The first kappa shape index (κ1) is 22.5. The Bertz CT molecular complexity index is 987. The third-order valence-corrected chi connectivity index (χ3v) is 6.78. The van der Waals surface area contributed by atoms with E-state index in [9.17, 15) is 14.0 Å². The van der Waals surface area contributed by atoms with Gasteiger partial charge in [0.2, 0.25) is 11.8 Å². The highest BCUT2D eigenvalue weighted by molar-refractivity contribution is 6.03. The van der Waals surface area contributed by atoms with E-state index in [1.54, 1.807) is 19.1 Å². The van der Waals surface area contributed by atoms with Crippen molar-refractivity contribution in [2.24, 2.45) is 5.92 Å². The minimum atomic E-state index is -0.507. The highest BCUT2D eigenvalue weighted by Gasteiger charge is 2.36. The Labute approximate surface area is 189 Å². The van der Waals surface area contributed by atoms with Crippen LogP contribution in [-0.2, 0) is 16.1 Å². The fourth-order valence-electron chi connectivity index (χ4n) is 4.88. The van der Waals surface area contributed by atoms with Crippen LogP contribution in [0.25, 0.3) is 0 Å². The number of nitrogens with one attached hydrogen (secondary N) is 1. The summed E-state index contributed by atoms with van der Waals surface area (Å²) >= 11 is 0. The SMILES string of the molecule is Cc1ccc(N2CC(C(=O)Nc3ccccc3CN(C)C3CCCCC3)CC2=O)c(F)c1. The normalized spacial score (nSPS) is 19.6. The molecule has 0 spiro atoms. The van der Waals surface area contributed by atoms with E-state index >= 15 is 0 Å². The summed E-state index contributed by atoms with van der Waals surface area (Å²) in [6, 6.07) is 13.2. The first-order valence-electron chi connectivity index (χ1n) is 11.6. The Morgan fingerprint density at radius 1 is 1.16 bits per heavy atom. The van der Waals surface area contributed by atoms with Gasteiger partial charge < -0.3 is 10.2 Å². The van der Waals surface area contributed by atoms with Gasteiger partial charge in [-0.3, -0.25) is 14.5 Å². The van der Waals surface area contributed by atoms with Crippen LogP contribution in [-0.4, -0.2) is 36.3 Å². The van der Waals surface area contributed by atoms with Crippen molar-refractivity contribution in [3.05, 3.63) is 59.4 Å². The molecule has 1 atom stereocenters. The quantitative estimate of drug-likeness (QED) is 0.700. The summed E-state index contributed by atoms with van der Waals surface area (Å²) in [5.74, 6) is -1.36. The molecule has 2 aliphatic rings. The molecule has 0 radical (unpaired) electrons. The van der Waals surface area contributed by atoms with E-state index < -0.39 is 11.7 Å². The highest BCUT2D eigenvalue weighted by Crippen LogP contribution is 2.30. The molecule has 0 bridgehead atoms. The molecule has 1 unspecified atom stereocenters. The molecule has 5 nitrogen and oxygen atoms in total. The second-order valence-electron chi connectivity index (χ2n) is 9.21. The zero-order valence-electron chi connectivity index (χ0n) is 18.9. The van der Waals surface area contributed by atoms with Gasteiger partial charge in [-0.05, 0) is 56.1 Å². The van der Waals surface area contributed by atoms with Crippen LogP contribution in [0.15, 0.2) is 42.5 Å². The first-order chi connectivity index (χ1) is 15.4. The van der Waals surface area contributed by atoms with Crippen molar-refractivity contribution >= 4 is 23.2 Å². The van der Waals surface area contributed by atoms with E-state index in [-0.39, 0.29) is 30.5 Å². The summed E-state index contributed by atoms with van der Waals surface area (Å²) in [6.07, 6.45) is 6.41. The Morgan fingerprint density at radius 2 is 1.91 bits per heavy atom. The monoisotopic (exact) mass is 437 g/mol. The molecule has 2 fully saturated rings. The van der Waals surface area contributed by atoms with Gasteiger partial charge in [0.05, 0.1) is 11.6 Å². The molecule has 170 valence electrons. The van der Waals surface area contributed by atoms with E-state index in [4.69, 9.17) is 0 Å². The molecule has 4 rings (SSSR count). The molecule has 2 aromatic rings. The largest absolute Gasteiger partial charge is 0.325 e. The summed E-state index contributed by atoms with van der Waals surface area (Å²) < 4.78 is 14.4. The van der Waals surface area contributed by atoms with Crippen LogP contribution in [0.1, 0.15) is 49.7 Å². The Morgan fingerprint density at radius 3 is 2.66 bits per heavy atom. The predicted molar refractivity (Wildman–Crippen MR) is 125 cm³/mol. The van der Waals surface area contributed by atoms with Gasteiger partial charge in [0.1, 0.15) is 5.82 Å². The van der Waals surface area contributed by atoms with Crippen molar-refractivity contribution in [3.63, 3.8) is 0 Å². The van der Waals surface area contributed by atoms with Crippen LogP contribution < -0.4 is 10.2 Å². The molecule has 2 aromatic carbocycles. The minimum Gasteiger partial charge on any atom is -0.325 e.